The van der Waals surface area contributed by atoms with Crippen molar-refractivity contribution >= 4 is 0 Å². The van der Waals surface area contributed by atoms with Crippen molar-refractivity contribution in [1.82, 2.24) is 4.90 Å². The highest BCUT2D eigenvalue weighted by atomic mass is 16.5. The van der Waals surface area contributed by atoms with Crippen LogP contribution in [0.2, 0.25) is 0 Å². The molecular weight excluding hydrogens is 152 g/mol. The van der Waals surface area contributed by atoms with Crippen LogP contribution in [0.1, 0.15) is 6.42 Å². The van der Waals surface area contributed by atoms with Crippen molar-refractivity contribution in [2.75, 3.05) is 33.4 Å². The van der Waals surface area contributed by atoms with E-state index in [0.717, 1.165) is 19.8 Å². The van der Waals surface area contributed by atoms with Gasteiger partial charge in [-0.15, -0.1) is 0 Å². The van der Waals surface area contributed by atoms with Crippen molar-refractivity contribution in [1.29, 1.82) is 0 Å². The van der Waals surface area contributed by atoms with Crippen LogP contribution in [0.25, 0.3) is 0 Å². The molecule has 2 aliphatic heterocycles. The van der Waals surface area contributed by atoms with E-state index in [-0.39, 0.29) is 0 Å². The van der Waals surface area contributed by atoms with Gasteiger partial charge in [0.25, 0.3) is 0 Å². The van der Waals surface area contributed by atoms with Crippen LogP contribution < -0.4 is 5.73 Å². The molecule has 2 heterocycles. The standard InChI is InChI=1S/C9H18N2O/c1-11-3-2-7(4-10)8-5-12-6-9(8)11/h7-9H,2-6,10H2,1H3. The van der Waals surface area contributed by atoms with E-state index in [2.05, 4.69) is 11.9 Å². The zero-order valence-corrected chi connectivity index (χ0v) is 7.70. The van der Waals surface area contributed by atoms with Crippen molar-refractivity contribution < 1.29 is 4.74 Å². The van der Waals surface area contributed by atoms with E-state index in [1.807, 2.05) is 0 Å². The molecule has 2 rings (SSSR count). The molecule has 2 saturated heterocycles. The Balaban J connectivity index is 2.06. The Morgan fingerprint density at radius 2 is 2.33 bits per heavy atom. The molecule has 2 fully saturated rings. The minimum absolute atomic E-state index is 0.646. The fourth-order valence-electron chi connectivity index (χ4n) is 2.51. The van der Waals surface area contributed by atoms with Crippen LogP contribution in [-0.4, -0.2) is 44.3 Å². The third kappa shape index (κ3) is 1.26. The molecule has 3 atom stereocenters. The van der Waals surface area contributed by atoms with Crippen LogP contribution in [0, 0.1) is 11.8 Å². The van der Waals surface area contributed by atoms with Crippen molar-refractivity contribution in [3.05, 3.63) is 0 Å². The third-order valence-electron chi connectivity index (χ3n) is 3.42. The number of piperidine rings is 1. The SMILES string of the molecule is CN1CCC(CN)C2COCC21. The summed E-state index contributed by atoms with van der Waals surface area (Å²) >= 11 is 0. The summed E-state index contributed by atoms with van der Waals surface area (Å²) in [6.07, 6.45) is 1.25. The van der Waals surface area contributed by atoms with E-state index >= 15 is 0 Å². The summed E-state index contributed by atoms with van der Waals surface area (Å²) in [6, 6.07) is 0.646. The van der Waals surface area contributed by atoms with Gasteiger partial charge in [0.05, 0.1) is 13.2 Å². The van der Waals surface area contributed by atoms with E-state index in [9.17, 15) is 0 Å². The Hall–Kier alpha value is -0.120. The fraction of sp³-hybridized carbons (Fsp3) is 1.00. The van der Waals surface area contributed by atoms with Gasteiger partial charge in [-0.1, -0.05) is 0 Å². The molecule has 2 aliphatic rings. The van der Waals surface area contributed by atoms with E-state index in [4.69, 9.17) is 10.5 Å². The summed E-state index contributed by atoms with van der Waals surface area (Å²) in [5.41, 5.74) is 5.73. The summed E-state index contributed by atoms with van der Waals surface area (Å²) in [4.78, 5) is 2.42. The van der Waals surface area contributed by atoms with Gasteiger partial charge >= 0.3 is 0 Å². The molecule has 3 nitrogen and oxygen atoms in total. The van der Waals surface area contributed by atoms with E-state index < -0.39 is 0 Å². The van der Waals surface area contributed by atoms with Gasteiger partial charge in [-0.3, -0.25) is 0 Å². The summed E-state index contributed by atoms with van der Waals surface area (Å²) in [6.45, 7) is 3.86. The minimum Gasteiger partial charge on any atom is -0.379 e. The smallest absolute Gasteiger partial charge is 0.0625 e. The number of nitrogens with zero attached hydrogens (tertiary/aromatic N) is 1. The first-order chi connectivity index (χ1) is 5.83. The molecule has 70 valence electrons. The van der Waals surface area contributed by atoms with Gasteiger partial charge in [0.2, 0.25) is 0 Å². The number of hydrogen-bond acceptors (Lipinski definition) is 3. The summed E-state index contributed by atoms with van der Waals surface area (Å²) in [5.74, 6) is 1.41. The Bertz CT molecular complexity index is 163. The number of rotatable bonds is 1. The second-order valence-electron chi connectivity index (χ2n) is 4.03. The Morgan fingerprint density at radius 1 is 1.50 bits per heavy atom. The fourth-order valence-corrected chi connectivity index (χ4v) is 2.51. The van der Waals surface area contributed by atoms with Crippen LogP contribution in [0.5, 0.6) is 0 Å². The number of ether oxygens (including phenoxy) is 1. The normalized spacial score (nSPS) is 43.0. The molecule has 0 aromatic heterocycles. The first kappa shape index (κ1) is 8.48. The average Bonchev–Trinajstić information content (AvgIpc) is 2.54. The topological polar surface area (TPSA) is 38.5 Å². The molecule has 0 bridgehead atoms. The van der Waals surface area contributed by atoms with Crippen molar-refractivity contribution in [3.8, 4) is 0 Å². The molecule has 0 aromatic rings. The predicted octanol–water partition coefficient (Wildman–Crippen LogP) is -0.0882. The zero-order valence-electron chi connectivity index (χ0n) is 7.70. The molecular formula is C9H18N2O. The molecule has 0 amide bonds. The lowest BCUT2D eigenvalue weighted by atomic mass is 9.82. The van der Waals surface area contributed by atoms with Crippen LogP contribution in [0.3, 0.4) is 0 Å². The van der Waals surface area contributed by atoms with Gasteiger partial charge < -0.3 is 15.4 Å². The van der Waals surface area contributed by atoms with Gasteiger partial charge in [0.15, 0.2) is 0 Å². The monoisotopic (exact) mass is 170 g/mol. The number of likely N-dealkylation sites (tertiary alicyclic amines) is 1. The predicted molar refractivity (Wildman–Crippen MR) is 47.9 cm³/mol. The molecule has 0 aliphatic carbocycles. The van der Waals surface area contributed by atoms with E-state index in [0.29, 0.717) is 17.9 Å². The van der Waals surface area contributed by atoms with Crippen LogP contribution in [-0.2, 0) is 4.74 Å². The van der Waals surface area contributed by atoms with Gasteiger partial charge in [-0.2, -0.15) is 0 Å². The molecule has 0 aromatic carbocycles. The summed E-state index contributed by atoms with van der Waals surface area (Å²) in [7, 11) is 2.19. The van der Waals surface area contributed by atoms with Gasteiger partial charge in [0, 0.05) is 12.0 Å². The summed E-state index contributed by atoms with van der Waals surface area (Å²) < 4.78 is 5.50. The maximum Gasteiger partial charge on any atom is 0.0625 e. The van der Waals surface area contributed by atoms with Gasteiger partial charge in [0.1, 0.15) is 0 Å². The van der Waals surface area contributed by atoms with Gasteiger partial charge in [-0.25, -0.2) is 0 Å². The maximum absolute atomic E-state index is 5.73. The largest absolute Gasteiger partial charge is 0.379 e. The van der Waals surface area contributed by atoms with Crippen LogP contribution >= 0.6 is 0 Å². The number of hydrogen-bond donors (Lipinski definition) is 1. The lowest BCUT2D eigenvalue weighted by Gasteiger charge is -2.38. The lowest BCUT2D eigenvalue weighted by Crippen LogP contribution is -2.48. The first-order valence-electron chi connectivity index (χ1n) is 4.81. The van der Waals surface area contributed by atoms with Crippen LogP contribution in [0.15, 0.2) is 0 Å². The van der Waals surface area contributed by atoms with Crippen molar-refractivity contribution in [2.45, 2.75) is 12.5 Å². The summed E-state index contributed by atoms with van der Waals surface area (Å²) in [5, 5.41) is 0. The zero-order chi connectivity index (χ0) is 8.55. The molecule has 0 radical (unpaired) electrons. The number of fused-ring (bicyclic) bond motifs is 1. The molecule has 2 N–H and O–H groups in total. The quantitative estimate of drug-likeness (QED) is 0.598. The molecule has 12 heavy (non-hydrogen) atoms. The molecule has 3 unspecified atom stereocenters. The second-order valence-corrected chi connectivity index (χ2v) is 4.03. The third-order valence-corrected chi connectivity index (χ3v) is 3.42. The Labute approximate surface area is 73.9 Å². The van der Waals surface area contributed by atoms with Crippen molar-refractivity contribution in [2.24, 2.45) is 17.6 Å². The van der Waals surface area contributed by atoms with Crippen LogP contribution in [0.4, 0.5) is 0 Å². The van der Waals surface area contributed by atoms with E-state index in [1.165, 1.54) is 13.0 Å². The number of nitrogens with two attached hydrogens (primary N) is 1. The maximum atomic E-state index is 5.73. The van der Waals surface area contributed by atoms with Crippen molar-refractivity contribution in [3.63, 3.8) is 0 Å². The minimum atomic E-state index is 0.646. The first-order valence-corrected chi connectivity index (χ1v) is 4.81. The number of likely N-dealkylation sites (N-methyl/N-ethyl adjacent to an activating group) is 1. The second kappa shape index (κ2) is 3.32. The highest BCUT2D eigenvalue weighted by Gasteiger charge is 2.39. The Morgan fingerprint density at radius 3 is 3.08 bits per heavy atom. The highest BCUT2D eigenvalue weighted by molar-refractivity contribution is 4.91. The van der Waals surface area contributed by atoms with Gasteiger partial charge in [-0.05, 0) is 32.5 Å². The average molecular weight is 170 g/mol. The lowest BCUT2D eigenvalue weighted by molar-refractivity contribution is 0.107. The molecule has 0 saturated carbocycles. The Kier molecular flexibility index (Phi) is 2.35. The molecule has 0 spiro atoms. The highest BCUT2D eigenvalue weighted by Crippen LogP contribution is 2.31. The van der Waals surface area contributed by atoms with E-state index in [1.54, 1.807) is 0 Å². The molecule has 3 heteroatoms.